The number of phenolic OH excluding ortho intramolecular Hbond substituents is 2. The molecular formula is C8H10NO2-. The summed E-state index contributed by atoms with van der Waals surface area (Å²) in [5, 5.41) is 21.9. The van der Waals surface area contributed by atoms with Gasteiger partial charge in [0.25, 0.3) is 0 Å². The van der Waals surface area contributed by atoms with Crippen LogP contribution in [0, 0.1) is 0 Å². The zero-order chi connectivity index (χ0) is 8.27. The first-order chi connectivity index (χ1) is 5.24. The minimum Gasteiger partial charge on any atom is -0.661 e. The highest BCUT2D eigenvalue weighted by molar-refractivity contribution is 5.40. The SMILES string of the molecule is C[N-]Cc1ccc(O)c(O)c1. The second-order valence-corrected chi connectivity index (χ2v) is 2.30. The molecule has 0 aromatic heterocycles. The van der Waals surface area contributed by atoms with Gasteiger partial charge >= 0.3 is 0 Å². The molecule has 3 nitrogen and oxygen atoms in total. The van der Waals surface area contributed by atoms with Crippen LogP contribution >= 0.6 is 0 Å². The second kappa shape index (κ2) is 3.25. The van der Waals surface area contributed by atoms with Crippen molar-refractivity contribution in [2.75, 3.05) is 7.05 Å². The van der Waals surface area contributed by atoms with Crippen LogP contribution in [0.25, 0.3) is 5.32 Å². The van der Waals surface area contributed by atoms with Gasteiger partial charge in [-0.05, 0) is 12.1 Å². The van der Waals surface area contributed by atoms with E-state index in [-0.39, 0.29) is 11.5 Å². The molecule has 0 fully saturated rings. The topological polar surface area (TPSA) is 54.6 Å². The summed E-state index contributed by atoms with van der Waals surface area (Å²) in [6.45, 7) is 0.563. The zero-order valence-electron chi connectivity index (χ0n) is 6.28. The molecule has 0 saturated heterocycles. The summed E-state index contributed by atoms with van der Waals surface area (Å²) in [5.41, 5.74) is 0.891. The van der Waals surface area contributed by atoms with Gasteiger partial charge in [0.2, 0.25) is 0 Å². The van der Waals surface area contributed by atoms with Gasteiger partial charge in [0.15, 0.2) is 11.5 Å². The number of hydrogen-bond donors (Lipinski definition) is 2. The third kappa shape index (κ3) is 1.85. The van der Waals surface area contributed by atoms with Crippen LogP contribution in [0.15, 0.2) is 18.2 Å². The third-order valence-corrected chi connectivity index (χ3v) is 1.38. The Hall–Kier alpha value is -1.22. The lowest BCUT2D eigenvalue weighted by Crippen LogP contribution is -1.81. The van der Waals surface area contributed by atoms with Crippen LogP contribution in [0.1, 0.15) is 5.56 Å². The third-order valence-electron chi connectivity index (χ3n) is 1.38. The molecule has 0 aliphatic rings. The number of aromatic hydroxyl groups is 2. The average Bonchev–Trinajstić information content (AvgIpc) is 1.98. The smallest absolute Gasteiger partial charge is 0.157 e. The van der Waals surface area contributed by atoms with Crippen molar-refractivity contribution >= 4 is 0 Å². The van der Waals surface area contributed by atoms with E-state index in [2.05, 4.69) is 5.32 Å². The zero-order valence-corrected chi connectivity index (χ0v) is 6.28. The normalized spacial score (nSPS) is 9.91. The monoisotopic (exact) mass is 152 g/mol. The summed E-state index contributed by atoms with van der Waals surface area (Å²) in [4.78, 5) is 0. The van der Waals surface area contributed by atoms with E-state index in [1.165, 1.54) is 12.1 Å². The van der Waals surface area contributed by atoms with Crippen LogP contribution in [0.5, 0.6) is 11.5 Å². The molecule has 0 spiro atoms. The van der Waals surface area contributed by atoms with Crippen LogP contribution in [0.3, 0.4) is 0 Å². The van der Waals surface area contributed by atoms with Crippen LogP contribution in [-0.2, 0) is 6.54 Å². The molecule has 0 aliphatic carbocycles. The first-order valence-corrected chi connectivity index (χ1v) is 3.30. The molecule has 0 bridgehead atoms. The molecule has 0 atom stereocenters. The molecule has 2 N–H and O–H groups in total. The van der Waals surface area contributed by atoms with Crippen molar-refractivity contribution in [1.82, 2.24) is 0 Å². The summed E-state index contributed by atoms with van der Waals surface area (Å²) >= 11 is 0. The highest BCUT2D eigenvalue weighted by atomic mass is 16.3. The van der Waals surface area contributed by atoms with Gasteiger partial charge in [-0.15, -0.1) is 6.54 Å². The quantitative estimate of drug-likeness (QED) is 0.632. The van der Waals surface area contributed by atoms with Crippen LogP contribution in [-0.4, -0.2) is 17.3 Å². The highest BCUT2D eigenvalue weighted by Crippen LogP contribution is 2.25. The summed E-state index contributed by atoms with van der Waals surface area (Å²) in [7, 11) is 1.70. The molecule has 3 heteroatoms. The van der Waals surface area contributed by atoms with Gasteiger partial charge in [0, 0.05) is 0 Å². The lowest BCUT2D eigenvalue weighted by Gasteiger charge is -2.11. The molecule has 0 radical (unpaired) electrons. The number of phenols is 2. The van der Waals surface area contributed by atoms with Crippen molar-refractivity contribution < 1.29 is 10.2 Å². The molecule has 0 unspecified atom stereocenters. The summed E-state index contributed by atoms with van der Waals surface area (Å²) in [6.07, 6.45) is 0. The molecule has 0 aliphatic heterocycles. The molecule has 1 rings (SSSR count). The number of rotatable bonds is 2. The van der Waals surface area contributed by atoms with Crippen molar-refractivity contribution in [3.8, 4) is 11.5 Å². The van der Waals surface area contributed by atoms with Gasteiger partial charge in [-0.2, -0.15) is 7.05 Å². The Balaban J connectivity index is 2.86. The first-order valence-electron chi connectivity index (χ1n) is 3.30. The lowest BCUT2D eigenvalue weighted by molar-refractivity contribution is 0.403. The average molecular weight is 152 g/mol. The maximum absolute atomic E-state index is 9.04. The Morgan fingerprint density at radius 1 is 1.27 bits per heavy atom. The summed E-state index contributed by atoms with van der Waals surface area (Å²) in [6, 6.07) is 4.68. The van der Waals surface area contributed by atoms with Gasteiger partial charge < -0.3 is 15.5 Å². The molecule has 1 aromatic rings. The summed E-state index contributed by atoms with van der Waals surface area (Å²) in [5.74, 6) is -0.184. The second-order valence-electron chi connectivity index (χ2n) is 2.30. The molecule has 1 aromatic carbocycles. The van der Waals surface area contributed by atoms with Crippen molar-refractivity contribution in [3.63, 3.8) is 0 Å². The van der Waals surface area contributed by atoms with Crippen LogP contribution < -0.4 is 0 Å². The Morgan fingerprint density at radius 2 is 2.00 bits per heavy atom. The van der Waals surface area contributed by atoms with E-state index in [4.69, 9.17) is 10.2 Å². The largest absolute Gasteiger partial charge is 0.661 e. The molecule has 0 amide bonds. The fraction of sp³-hybridized carbons (Fsp3) is 0.250. The van der Waals surface area contributed by atoms with E-state index in [1.54, 1.807) is 13.1 Å². The van der Waals surface area contributed by atoms with Crippen LogP contribution in [0.4, 0.5) is 0 Å². The van der Waals surface area contributed by atoms with Gasteiger partial charge in [-0.1, -0.05) is 11.6 Å². The Labute approximate surface area is 65.3 Å². The van der Waals surface area contributed by atoms with E-state index >= 15 is 0 Å². The fourth-order valence-corrected chi connectivity index (χ4v) is 0.850. The first kappa shape index (κ1) is 7.88. The molecule has 60 valence electrons. The minimum atomic E-state index is -0.0927. The van der Waals surface area contributed by atoms with E-state index in [1.807, 2.05) is 0 Å². The molecule has 0 heterocycles. The van der Waals surface area contributed by atoms with E-state index in [9.17, 15) is 0 Å². The Morgan fingerprint density at radius 3 is 2.55 bits per heavy atom. The predicted octanol–water partition coefficient (Wildman–Crippen LogP) is 1.60. The van der Waals surface area contributed by atoms with E-state index < -0.39 is 0 Å². The Kier molecular flexibility index (Phi) is 2.33. The number of benzene rings is 1. The molecular weight excluding hydrogens is 142 g/mol. The standard InChI is InChI=1S/C8H10NO2/c1-9-5-6-2-3-7(10)8(11)4-6/h2-4,10-11H,5H2,1H3/q-1. The van der Waals surface area contributed by atoms with Gasteiger partial charge in [-0.25, -0.2) is 0 Å². The van der Waals surface area contributed by atoms with Gasteiger partial charge in [0.05, 0.1) is 0 Å². The minimum absolute atomic E-state index is 0.0915. The van der Waals surface area contributed by atoms with Crippen LogP contribution in [0.2, 0.25) is 0 Å². The summed E-state index contributed by atoms with van der Waals surface area (Å²) < 4.78 is 0. The van der Waals surface area contributed by atoms with E-state index in [0.29, 0.717) is 6.54 Å². The predicted molar refractivity (Wildman–Crippen MR) is 42.8 cm³/mol. The maximum atomic E-state index is 9.04. The van der Waals surface area contributed by atoms with E-state index in [0.717, 1.165) is 5.56 Å². The lowest BCUT2D eigenvalue weighted by atomic mass is 10.2. The highest BCUT2D eigenvalue weighted by Gasteiger charge is 1.96. The Bertz CT molecular complexity index is 248. The van der Waals surface area contributed by atoms with Gasteiger partial charge in [0.1, 0.15) is 0 Å². The van der Waals surface area contributed by atoms with Crippen molar-refractivity contribution in [2.45, 2.75) is 6.54 Å². The van der Waals surface area contributed by atoms with Gasteiger partial charge in [-0.3, -0.25) is 0 Å². The molecule has 11 heavy (non-hydrogen) atoms. The maximum Gasteiger partial charge on any atom is 0.157 e. The van der Waals surface area contributed by atoms with Crippen molar-refractivity contribution in [1.29, 1.82) is 0 Å². The molecule has 0 saturated carbocycles. The number of hydrogen-bond acceptors (Lipinski definition) is 2. The van der Waals surface area contributed by atoms with Crippen molar-refractivity contribution in [2.24, 2.45) is 0 Å². The van der Waals surface area contributed by atoms with Crippen molar-refractivity contribution in [3.05, 3.63) is 29.1 Å². The number of nitrogens with zero attached hydrogens (tertiary/aromatic N) is 1. The fourth-order valence-electron chi connectivity index (χ4n) is 0.850.